The highest BCUT2D eigenvalue weighted by Gasteiger charge is 1.98. The third-order valence-corrected chi connectivity index (χ3v) is 3.39. The lowest BCUT2D eigenvalue weighted by Crippen LogP contribution is -2.14. The zero-order chi connectivity index (χ0) is 11.1. The Kier molecular flexibility index (Phi) is 6.37. The molecule has 1 N–H and O–H groups in total. The first-order chi connectivity index (χ1) is 7.22. The lowest BCUT2D eigenvalue weighted by molar-refractivity contribution is 0.778. The molecular weight excluding hydrogens is 270 g/mol. The van der Waals surface area contributed by atoms with E-state index in [1.54, 1.807) is 0 Å². The van der Waals surface area contributed by atoms with Gasteiger partial charge in [-0.25, -0.2) is 0 Å². The number of benzene rings is 1. The fourth-order valence-corrected chi connectivity index (χ4v) is 2.42. The lowest BCUT2D eigenvalue weighted by atomic mass is 10.1. The van der Waals surface area contributed by atoms with Crippen LogP contribution < -0.4 is 5.32 Å². The van der Waals surface area contributed by atoms with Crippen molar-refractivity contribution in [2.24, 2.45) is 0 Å². The fraction of sp³-hybridized carbons (Fsp3) is 0.500. The summed E-state index contributed by atoms with van der Waals surface area (Å²) in [6, 6.07) is 8.88. The highest BCUT2D eigenvalue weighted by molar-refractivity contribution is 9.09. The predicted molar refractivity (Wildman–Crippen MR) is 72.9 cm³/mol. The molecule has 15 heavy (non-hydrogen) atoms. The molecule has 0 saturated carbocycles. The number of alkyl halides is 1. The molecule has 0 saturated heterocycles. The number of hydrogen-bond acceptors (Lipinski definition) is 2. The van der Waals surface area contributed by atoms with Crippen molar-refractivity contribution in [2.75, 3.05) is 12.0 Å². The van der Waals surface area contributed by atoms with E-state index in [2.05, 4.69) is 59.4 Å². The van der Waals surface area contributed by atoms with Crippen LogP contribution in [0.2, 0.25) is 0 Å². The topological polar surface area (TPSA) is 12.0 Å². The van der Waals surface area contributed by atoms with Gasteiger partial charge in [0.2, 0.25) is 0 Å². The minimum atomic E-state index is 0.658. The van der Waals surface area contributed by atoms with Crippen molar-refractivity contribution in [3.63, 3.8) is 0 Å². The van der Waals surface area contributed by atoms with Crippen molar-refractivity contribution in [1.29, 1.82) is 0 Å². The van der Waals surface area contributed by atoms with E-state index >= 15 is 0 Å². The van der Waals surface area contributed by atoms with Crippen molar-refractivity contribution in [3.8, 4) is 0 Å². The van der Waals surface area contributed by atoms with Crippen LogP contribution in [0.5, 0.6) is 0 Å². The van der Waals surface area contributed by atoms with Crippen molar-refractivity contribution >= 4 is 27.7 Å². The van der Waals surface area contributed by atoms with Crippen molar-refractivity contribution in [2.45, 2.75) is 30.4 Å². The first-order valence-electron chi connectivity index (χ1n) is 5.24. The Morgan fingerprint density at radius 1 is 1.27 bits per heavy atom. The summed E-state index contributed by atoms with van der Waals surface area (Å²) in [6.45, 7) is 5.47. The number of rotatable bonds is 6. The first kappa shape index (κ1) is 13.1. The van der Waals surface area contributed by atoms with Gasteiger partial charge in [0.1, 0.15) is 0 Å². The van der Waals surface area contributed by atoms with Crippen LogP contribution >= 0.6 is 27.7 Å². The standard InChI is InChI=1S/C12H18BrNS/c1-10(2)15-12-5-3-11(4-6-12)7-8-14-9-13/h3-6,10,14H,7-9H2,1-2H3. The maximum absolute atomic E-state index is 3.35. The van der Waals surface area contributed by atoms with Crippen molar-refractivity contribution in [1.82, 2.24) is 5.32 Å². The van der Waals surface area contributed by atoms with E-state index in [-0.39, 0.29) is 0 Å². The summed E-state index contributed by atoms with van der Waals surface area (Å²) in [4.78, 5) is 1.36. The molecule has 3 heteroatoms. The van der Waals surface area contributed by atoms with Gasteiger partial charge in [-0.15, -0.1) is 11.8 Å². The quantitative estimate of drug-likeness (QED) is 0.371. The molecule has 1 aromatic rings. The molecular formula is C12H18BrNS. The van der Waals surface area contributed by atoms with Gasteiger partial charge < -0.3 is 5.32 Å². The molecule has 0 amide bonds. The second-order valence-corrected chi connectivity index (χ2v) is 5.90. The van der Waals surface area contributed by atoms with Crippen LogP contribution in [0.4, 0.5) is 0 Å². The number of hydrogen-bond donors (Lipinski definition) is 1. The zero-order valence-electron chi connectivity index (χ0n) is 9.29. The Hall–Kier alpha value is 0.01000. The van der Waals surface area contributed by atoms with Crippen molar-refractivity contribution in [3.05, 3.63) is 29.8 Å². The van der Waals surface area contributed by atoms with E-state index < -0.39 is 0 Å². The van der Waals surface area contributed by atoms with Gasteiger partial charge in [0.05, 0.1) is 5.45 Å². The summed E-state index contributed by atoms with van der Waals surface area (Å²) >= 11 is 5.26. The van der Waals surface area contributed by atoms with Gasteiger partial charge >= 0.3 is 0 Å². The van der Waals surface area contributed by atoms with Crippen LogP contribution in [-0.2, 0) is 6.42 Å². The SMILES string of the molecule is CC(C)Sc1ccc(CCNCBr)cc1. The molecule has 0 atom stereocenters. The summed E-state index contributed by atoms with van der Waals surface area (Å²) in [5, 5.41) is 3.91. The maximum Gasteiger partial charge on any atom is 0.0517 e. The van der Waals surface area contributed by atoms with Gasteiger partial charge in [-0.3, -0.25) is 0 Å². The third-order valence-electron chi connectivity index (χ3n) is 1.98. The molecule has 0 unspecified atom stereocenters. The van der Waals surface area contributed by atoms with Crippen LogP contribution in [0.3, 0.4) is 0 Å². The largest absolute Gasteiger partial charge is 0.307 e. The van der Waals surface area contributed by atoms with Gasteiger partial charge in [0, 0.05) is 10.1 Å². The van der Waals surface area contributed by atoms with Crippen LogP contribution in [0.25, 0.3) is 0 Å². The van der Waals surface area contributed by atoms with Gasteiger partial charge in [0.25, 0.3) is 0 Å². The molecule has 1 nitrogen and oxygen atoms in total. The summed E-state index contributed by atoms with van der Waals surface area (Å²) in [5.41, 5.74) is 2.27. The van der Waals surface area contributed by atoms with Crippen LogP contribution in [0.1, 0.15) is 19.4 Å². The highest BCUT2D eigenvalue weighted by Crippen LogP contribution is 2.22. The smallest absolute Gasteiger partial charge is 0.0517 e. The van der Waals surface area contributed by atoms with E-state index in [1.807, 2.05) is 11.8 Å². The molecule has 0 fully saturated rings. The average molecular weight is 288 g/mol. The van der Waals surface area contributed by atoms with Crippen LogP contribution in [-0.4, -0.2) is 17.2 Å². The molecule has 0 radical (unpaired) electrons. The summed E-state index contributed by atoms with van der Waals surface area (Å²) in [7, 11) is 0. The average Bonchev–Trinajstić information content (AvgIpc) is 2.20. The molecule has 0 spiro atoms. The summed E-state index contributed by atoms with van der Waals surface area (Å²) in [6.07, 6.45) is 1.10. The molecule has 0 aliphatic heterocycles. The van der Waals surface area contributed by atoms with E-state index in [0.29, 0.717) is 5.25 Å². The minimum Gasteiger partial charge on any atom is -0.307 e. The molecule has 0 aliphatic carbocycles. The van der Waals surface area contributed by atoms with E-state index in [1.165, 1.54) is 10.5 Å². The summed E-state index contributed by atoms with van der Waals surface area (Å²) < 4.78 is 0. The Bertz CT molecular complexity index is 271. The maximum atomic E-state index is 3.35. The molecule has 1 rings (SSSR count). The molecule has 84 valence electrons. The molecule has 0 aliphatic rings. The van der Waals surface area contributed by atoms with E-state index in [0.717, 1.165) is 18.4 Å². The number of nitrogens with one attached hydrogen (secondary N) is 1. The normalized spacial score (nSPS) is 10.9. The van der Waals surface area contributed by atoms with Gasteiger partial charge in [-0.05, 0) is 30.7 Å². The number of halogens is 1. The van der Waals surface area contributed by atoms with E-state index in [4.69, 9.17) is 0 Å². The lowest BCUT2D eigenvalue weighted by Gasteiger charge is -2.06. The first-order valence-corrected chi connectivity index (χ1v) is 7.24. The van der Waals surface area contributed by atoms with Crippen molar-refractivity contribution < 1.29 is 0 Å². The molecule has 1 aromatic carbocycles. The number of thioether (sulfide) groups is 1. The molecule has 0 aromatic heterocycles. The zero-order valence-corrected chi connectivity index (χ0v) is 11.7. The van der Waals surface area contributed by atoms with E-state index in [9.17, 15) is 0 Å². The minimum absolute atomic E-state index is 0.658. The fourth-order valence-electron chi connectivity index (χ4n) is 1.31. The van der Waals surface area contributed by atoms with Crippen LogP contribution in [0.15, 0.2) is 29.2 Å². The second-order valence-electron chi connectivity index (χ2n) is 3.69. The highest BCUT2D eigenvalue weighted by atomic mass is 79.9. The van der Waals surface area contributed by atoms with Gasteiger partial charge in [-0.1, -0.05) is 41.9 Å². The Morgan fingerprint density at radius 3 is 2.47 bits per heavy atom. The van der Waals surface area contributed by atoms with Gasteiger partial charge in [0.15, 0.2) is 0 Å². The third kappa shape index (κ3) is 5.59. The van der Waals surface area contributed by atoms with Gasteiger partial charge in [-0.2, -0.15) is 0 Å². The Morgan fingerprint density at radius 2 is 1.93 bits per heavy atom. The molecule has 0 heterocycles. The Labute approximate surface area is 105 Å². The second kappa shape index (κ2) is 7.31. The summed E-state index contributed by atoms with van der Waals surface area (Å²) in [5.74, 6) is 0. The Balaban J connectivity index is 2.42. The predicted octanol–water partition coefficient (Wildman–Crippen LogP) is 3.67. The molecule has 0 bridgehead atoms. The van der Waals surface area contributed by atoms with Crippen LogP contribution in [0, 0.1) is 0 Å². The monoisotopic (exact) mass is 287 g/mol.